The fourth-order valence-corrected chi connectivity index (χ4v) is 3.34. The van der Waals surface area contributed by atoms with E-state index in [0.29, 0.717) is 5.41 Å². The first-order chi connectivity index (χ1) is 7.49. The van der Waals surface area contributed by atoms with Gasteiger partial charge in [-0.15, -0.1) is 0 Å². The van der Waals surface area contributed by atoms with Gasteiger partial charge in [0.1, 0.15) is 0 Å². The van der Waals surface area contributed by atoms with Crippen LogP contribution in [0, 0.1) is 5.41 Å². The molecule has 2 bridgehead atoms. The van der Waals surface area contributed by atoms with Gasteiger partial charge in [0.25, 0.3) is 0 Å². The summed E-state index contributed by atoms with van der Waals surface area (Å²) in [6.07, 6.45) is 6.96. The summed E-state index contributed by atoms with van der Waals surface area (Å²) in [4.78, 5) is 2.80. The minimum absolute atomic E-state index is 0.485. The molecule has 2 nitrogen and oxygen atoms in total. The van der Waals surface area contributed by atoms with Crippen molar-refractivity contribution in [3.05, 3.63) is 0 Å². The average molecular weight is 224 g/mol. The van der Waals surface area contributed by atoms with Crippen molar-refractivity contribution >= 4 is 0 Å². The molecule has 2 fully saturated rings. The molecule has 2 aliphatic rings. The number of fused-ring (bicyclic) bond motifs is 2. The molecule has 2 rings (SSSR count). The maximum atomic E-state index is 3.47. The molecule has 0 amide bonds. The van der Waals surface area contributed by atoms with Crippen molar-refractivity contribution in [2.75, 3.05) is 13.6 Å². The van der Waals surface area contributed by atoms with Crippen LogP contribution in [0.4, 0.5) is 0 Å². The van der Waals surface area contributed by atoms with Gasteiger partial charge in [0.05, 0.1) is 0 Å². The van der Waals surface area contributed by atoms with E-state index in [-0.39, 0.29) is 0 Å². The van der Waals surface area contributed by atoms with Gasteiger partial charge in [-0.2, -0.15) is 0 Å². The molecule has 0 aromatic carbocycles. The van der Waals surface area contributed by atoms with Crippen LogP contribution in [-0.4, -0.2) is 36.6 Å². The van der Waals surface area contributed by atoms with E-state index >= 15 is 0 Å². The fraction of sp³-hybridized carbons (Fsp3) is 1.00. The Morgan fingerprint density at radius 3 is 2.12 bits per heavy atom. The highest BCUT2D eigenvalue weighted by Gasteiger charge is 2.39. The van der Waals surface area contributed by atoms with Crippen LogP contribution in [0.25, 0.3) is 0 Å². The van der Waals surface area contributed by atoms with Crippen molar-refractivity contribution in [2.24, 2.45) is 5.41 Å². The van der Waals surface area contributed by atoms with Crippen LogP contribution in [-0.2, 0) is 0 Å². The topological polar surface area (TPSA) is 15.3 Å². The summed E-state index contributed by atoms with van der Waals surface area (Å²) in [6.45, 7) is 8.38. The molecule has 2 aliphatic heterocycles. The second kappa shape index (κ2) is 4.66. The normalized spacial score (nSPS) is 35.6. The maximum absolute atomic E-state index is 3.47. The molecule has 2 atom stereocenters. The lowest BCUT2D eigenvalue weighted by molar-refractivity contribution is 0.105. The number of nitrogens with one attached hydrogen (secondary N) is 1. The average Bonchev–Trinajstić information content (AvgIpc) is 2.45. The maximum Gasteiger partial charge on any atom is 0.0114 e. The van der Waals surface area contributed by atoms with Crippen molar-refractivity contribution in [3.63, 3.8) is 0 Å². The first-order valence-electron chi connectivity index (χ1n) is 6.92. The first-order valence-corrected chi connectivity index (χ1v) is 6.92. The molecule has 0 saturated carbocycles. The molecule has 2 heterocycles. The van der Waals surface area contributed by atoms with Gasteiger partial charge in [-0.25, -0.2) is 0 Å². The summed E-state index contributed by atoms with van der Waals surface area (Å²) in [5.41, 5.74) is 0.485. The van der Waals surface area contributed by atoms with E-state index < -0.39 is 0 Å². The molecule has 2 heteroatoms. The molecule has 0 radical (unpaired) electrons. The lowest BCUT2D eigenvalue weighted by Gasteiger charge is -2.40. The van der Waals surface area contributed by atoms with E-state index in [2.05, 4.69) is 38.0 Å². The number of rotatable bonds is 3. The molecule has 94 valence electrons. The zero-order chi connectivity index (χ0) is 11.8. The Kier molecular flexibility index (Phi) is 3.60. The first kappa shape index (κ1) is 12.4. The van der Waals surface area contributed by atoms with E-state index in [1.165, 1.54) is 38.6 Å². The number of hydrogen-bond donors (Lipinski definition) is 1. The Hall–Kier alpha value is -0.0800. The molecule has 0 aromatic rings. The van der Waals surface area contributed by atoms with Gasteiger partial charge < -0.3 is 5.32 Å². The van der Waals surface area contributed by atoms with Crippen LogP contribution < -0.4 is 5.32 Å². The predicted molar refractivity (Wildman–Crippen MR) is 69.7 cm³/mol. The summed E-state index contributed by atoms with van der Waals surface area (Å²) in [7, 11) is 2.12. The summed E-state index contributed by atoms with van der Waals surface area (Å²) in [6, 6.07) is 2.53. The summed E-state index contributed by atoms with van der Waals surface area (Å²) in [5, 5.41) is 3.47. The van der Waals surface area contributed by atoms with E-state index in [1.807, 2.05) is 0 Å². The molecular weight excluding hydrogens is 196 g/mol. The summed E-state index contributed by atoms with van der Waals surface area (Å²) in [5.74, 6) is 0. The van der Waals surface area contributed by atoms with E-state index in [0.717, 1.165) is 18.1 Å². The highest BCUT2D eigenvalue weighted by Crippen LogP contribution is 2.36. The van der Waals surface area contributed by atoms with Crippen molar-refractivity contribution in [1.29, 1.82) is 0 Å². The van der Waals surface area contributed by atoms with Gasteiger partial charge in [-0.1, -0.05) is 20.8 Å². The number of piperidine rings is 1. The van der Waals surface area contributed by atoms with Gasteiger partial charge in [0.2, 0.25) is 0 Å². The van der Waals surface area contributed by atoms with Crippen molar-refractivity contribution in [3.8, 4) is 0 Å². The van der Waals surface area contributed by atoms with Crippen LogP contribution in [0.2, 0.25) is 0 Å². The second-order valence-corrected chi connectivity index (χ2v) is 6.89. The lowest BCUT2D eigenvalue weighted by atomic mass is 9.90. The zero-order valence-corrected chi connectivity index (χ0v) is 11.4. The Bertz CT molecular complexity index is 217. The number of hydrogen-bond acceptors (Lipinski definition) is 2. The van der Waals surface area contributed by atoms with E-state index in [1.54, 1.807) is 0 Å². The minimum atomic E-state index is 0.485. The minimum Gasteiger partial charge on any atom is -0.317 e. The van der Waals surface area contributed by atoms with Crippen LogP contribution >= 0.6 is 0 Å². The Balaban J connectivity index is 1.88. The molecule has 0 aromatic heterocycles. The zero-order valence-electron chi connectivity index (χ0n) is 11.4. The van der Waals surface area contributed by atoms with Gasteiger partial charge in [-0.05, 0) is 51.1 Å². The van der Waals surface area contributed by atoms with Crippen LogP contribution in [0.5, 0.6) is 0 Å². The third-order valence-electron chi connectivity index (χ3n) is 4.41. The second-order valence-electron chi connectivity index (χ2n) is 6.89. The standard InChI is InChI=1S/C14H28N2/c1-14(2,3)7-8-16-12-5-6-13(16)10-11(9-12)15-4/h11-13,15H,5-10H2,1-4H3. The smallest absolute Gasteiger partial charge is 0.0114 e. The van der Waals surface area contributed by atoms with Crippen molar-refractivity contribution in [1.82, 2.24) is 10.2 Å². The third-order valence-corrected chi connectivity index (χ3v) is 4.41. The Morgan fingerprint density at radius 1 is 1.12 bits per heavy atom. The fourth-order valence-electron chi connectivity index (χ4n) is 3.34. The van der Waals surface area contributed by atoms with Gasteiger partial charge >= 0.3 is 0 Å². The van der Waals surface area contributed by atoms with Gasteiger partial charge in [0.15, 0.2) is 0 Å². The molecule has 16 heavy (non-hydrogen) atoms. The highest BCUT2D eigenvalue weighted by molar-refractivity contribution is 4.97. The van der Waals surface area contributed by atoms with Crippen LogP contribution in [0.15, 0.2) is 0 Å². The molecule has 1 N–H and O–H groups in total. The quantitative estimate of drug-likeness (QED) is 0.793. The molecule has 0 aliphatic carbocycles. The largest absolute Gasteiger partial charge is 0.317 e. The van der Waals surface area contributed by atoms with E-state index in [4.69, 9.17) is 0 Å². The monoisotopic (exact) mass is 224 g/mol. The Morgan fingerprint density at radius 2 is 1.69 bits per heavy atom. The lowest BCUT2D eigenvalue weighted by Crippen LogP contribution is -2.49. The molecule has 2 unspecified atom stereocenters. The van der Waals surface area contributed by atoms with E-state index in [9.17, 15) is 0 Å². The Labute approximate surface area is 101 Å². The SMILES string of the molecule is CNC1CC2CCC(C1)N2CCC(C)(C)C. The predicted octanol–water partition coefficient (Wildman–Crippen LogP) is 2.64. The number of nitrogens with zero attached hydrogens (tertiary/aromatic N) is 1. The molecule has 0 spiro atoms. The molecule has 2 saturated heterocycles. The third kappa shape index (κ3) is 2.78. The van der Waals surface area contributed by atoms with Crippen molar-refractivity contribution in [2.45, 2.75) is 71.0 Å². The highest BCUT2D eigenvalue weighted by atomic mass is 15.2. The summed E-state index contributed by atoms with van der Waals surface area (Å²) >= 11 is 0. The van der Waals surface area contributed by atoms with Crippen LogP contribution in [0.3, 0.4) is 0 Å². The molecular formula is C14H28N2. The van der Waals surface area contributed by atoms with Crippen molar-refractivity contribution < 1.29 is 0 Å². The summed E-state index contributed by atoms with van der Waals surface area (Å²) < 4.78 is 0. The van der Waals surface area contributed by atoms with Gasteiger partial charge in [0, 0.05) is 18.1 Å². The van der Waals surface area contributed by atoms with Crippen LogP contribution in [0.1, 0.15) is 52.9 Å². The van der Waals surface area contributed by atoms with Gasteiger partial charge in [-0.3, -0.25) is 4.90 Å².